The van der Waals surface area contributed by atoms with E-state index in [0.29, 0.717) is 54.5 Å². The Morgan fingerprint density at radius 1 is 1.02 bits per heavy atom. The Balaban J connectivity index is 1.30. The first-order valence-corrected chi connectivity index (χ1v) is 14.7. The molecule has 0 bridgehead atoms. The zero-order valence-corrected chi connectivity index (χ0v) is 23.4. The molecule has 10 heteroatoms. The van der Waals surface area contributed by atoms with E-state index in [2.05, 4.69) is 4.98 Å². The SMILES string of the molecule is COC1(c2cc(F)cc(COC/C=C\c3nc(-c4ccccc4)c(-c4ccc(S(N)(=O)=O)cc4)o3)c2)CCOCC1. The molecule has 41 heavy (non-hydrogen) atoms. The van der Waals surface area contributed by atoms with Crippen LogP contribution < -0.4 is 5.14 Å². The van der Waals surface area contributed by atoms with Crippen LogP contribution in [-0.2, 0) is 36.4 Å². The van der Waals surface area contributed by atoms with Crippen molar-refractivity contribution in [1.29, 1.82) is 0 Å². The molecule has 2 N–H and O–H groups in total. The van der Waals surface area contributed by atoms with Gasteiger partial charge in [0, 0.05) is 44.3 Å². The molecule has 5 rings (SSSR count). The molecule has 1 aliphatic heterocycles. The monoisotopic (exact) mass is 578 g/mol. The lowest BCUT2D eigenvalue weighted by atomic mass is 9.85. The molecular formula is C31H31FN2O6S. The molecule has 0 atom stereocenters. The van der Waals surface area contributed by atoms with Crippen LogP contribution in [0.5, 0.6) is 0 Å². The zero-order chi connectivity index (χ0) is 28.9. The van der Waals surface area contributed by atoms with Gasteiger partial charge in [-0.1, -0.05) is 42.5 Å². The van der Waals surface area contributed by atoms with Crippen LogP contribution in [0.3, 0.4) is 0 Å². The van der Waals surface area contributed by atoms with Crippen molar-refractivity contribution in [3.8, 4) is 22.6 Å². The van der Waals surface area contributed by atoms with Gasteiger partial charge in [0.15, 0.2) is 5.76 Å². The molecule has 214 valence electrons. The Hall–Kier alpha value is -3.67. The Morgan fingerprint density at radius 3 is 2.44 bits per heavy atom. The Labute approximate surface area is 238 Å². The molecule has 4 aromatic rings. The Morgan fingerprint density at radius 2 is 1.76 bits per heavy atom. The quantitative estimate of drug-likeness (QED) is 0.241. The second-order valence-corrected chi connectivity index (χ2v) is 11.3. The van der Waals surface area contributed by atoms with Gasteiger partial charge in [0.1, 0.15) is 11.5 Å². The summed E-state index contributed by atoms with van der Waals surface area (Å²) in [5, 5.41) is 5.23. The minimum atomic E-state index is -3.82. The first kappa shape index (κ1) is 28.8. The molecule has 1 saturated heterocycles. The molecule has 1 fully saturated rings. The number of halogens is 1. The number of nitrogens with zero attached hydrogens (tertiary/aromatic N) is 1. The summed E-state index contributed by atoms with van der Waals surface area (Å²) in [6.07, 6.45) is 4.79. The number of ether oxygens (including phenoxy) is 3. The first-order valence-electron chi connectivity index (χ1n) is 13.1. The second-order valence-electron chi connectivity index (χ2n) is 9.74. The summed E-state index contributed by atoms with van der Waals surface area (Å²) in [7, 11) is -2.17. The maximum absolute atomic E-state index is 14.5. The van der Waals surface area contributed by atoms with Crippen LogP contribution in [0.15, 0.2) is 88.2 Å². The van der Waals surface area contributed by atoms with E-state index in [4.69, 9.17) is 23.8 Å². The highest BCUT2D eigenvalue weighted by atomic mass is 32.2. The van der Waals surface area contributed by atoms with Crippen molar-refractivity contribution in [2.24, 2.45) is 5.14 Å². The number of hydrogen-bond donors (Lipinski definition) is 1. The third kappa shape index (κ3) is 6.80. The van der Waals surface area contributed by atoms with Crippen molar-refractivity contribution in [3.63, 3.8) is 0 Å². The molecule has 0 aliphatic carbocycles. The molecule has 2 heterocycles. The van der Waals surface area contributed by atoms with E-state index in [1.54, 1.807) is 31.4 Å². The van der Waals surface area contributed by atoms with Crippen molar-refractivity contribution in [3.05, 3.63) is 102 Å². The number of hydrogen-bond acceptors (Lipinski definition) is 7. The van der Waals surface area contributed by atoms with E-state index in [0.717, 1.165) is 11.1 Å². The minimum absolute atomic E-state index is 0.00913. The Kier molecular flexibility index (Phi) is 8.77. The second kappa shape index (κ2) is 12.5. The maximum Gasteiger partial charge on any atom is 0.238 e. The summed E-state index contributed by atoms with van der Waals surface area (Å²) in [5.41, 5.74) is 3.05. The van der Waals surface area contributed by atoms with Crippen molar-refractivity contribution in [2.45, 2.75) is 29.9 Å². The van der Waals surface area contributed by atoms with Crippen LogP contribution in [0.4, 0.5) is 4.39 Å². The number of primary sulfonamides is 1. The van der Waals surface area contributed by atoms with E-state index >= 15 is 0 Å². The minimum Gasteiger partial charge on any atom is -0.436 e. The van der Waals surface area contributed by atoms with Gasteiger partial charge in [0.05, 0.1) is 23.7 Å². The molecule has 3 aromatic carbocycles. The molecule has 8 nitrogen and oxygen atoms in total. The smallest absolute Gasteiger partial charge is 0.238 e. The van der Waals surface area contributed by atoms with Crippen molar-refractivity contribution in [2.75, 3.05) is 26.9 Å². The summed E-state index contributed by atoms with van der Waals surface area (Å²) in [6.45, 7) is 1.59. The summed E-state index contributed by atoms with van der Waals surface area (Å²) in [4.78, 5) is 4.66. The number of methoxy groups -OCH3 is 1. The largest absolute Gasteiger partial charge is 0.436 e. The predicted molar refractivity (Wildman–Crippen MR) is 153 cm³/mol. The number of sulfonamides is 1. The predicted octanol–water partition coefficient (Wildman–Crippen LogP) is 5.68. The van der Waals surface area contributed by atoms with Gasteiger partial charge in [0.2, 0.25) is 15.9 Å². The third-order valence-electron chi connectivity index (χ3n) is 7.05. The normalized spacial score (nSPS) is 15.4. The molecule has 1 aliphatic rings. The zero-order valence-electron chi connectivity index (χ0n) is 22.6. The molecule has 1 aromatic heterocycles. The fraction of sp³-hybridized carbons (Fsp3) is 0.258. The lowest BCUT2D eigenvalue weighted by Crippen LogP contribution is -2.35. The molecule has 0 radical (unpaired) electrons. The highest BCUT2D eigenvalue weighted by molar-refractivity contribution is 7.89. The van der Waals surface area contributed by atoms with Gasteiger partial charge in [-0.15, -0.1) is 0 Å². The first-order chi connectivity index (χ1) is 19.8. The van der Waals surface area contributed by atoms with Crippen molar-refractivity contribution >= 4 is 16.1 Å². The fourth-order valence-electron chi connectivity index (χ4n) is 4.89. The summed E-state index contributed by atoms with van der Waals surface area (Å²) < 4.78 is 60.9. The van der Waals surface area contributed by atoms with Gasteiger partial charge < -0.3 is 18.6 Å². The van der Waals surface area contributed by atoms with Gasteiger partial charge in [-0.05, 0) is 53.6 Å². The third-order valence-corrected chi connectivity index (χ3v) is 7.98. The van der Waals surface area contributed by atoms with Crippen LogP contribution in [0.1, 0.15) is 29.9 Å². The van der Waals surface area contributed by atoms with Crippen LogP contribution in [0.25, 0.3) is 28.7 Å². The number of rotatable bonds is 10. The summed E-state index contributed by atoms with van der Waals surface area (Å²) >= 11 is 0. The molecule has 0 saturated carbocycles. The van der Waals surface area contributed by atoms with Gasteiger partial charge in [-0.25, -0.2) is 22.9 Å². The van der Waals surface area contributed by atoms with Gasteiger partial charge in [0.25, 0.3) is 0 Å². The van der Waals surface area contributed by atoms with Gasteiger partial charge in [-0.2, -0.15) is 0 Å². The maximum atomic E-state index is 14.5. The van der Waals surface area contributed by atoms with Gasteiger partial charge in [-0.3, -0.25) is 0 Å². The van der Waals surface area contributed by atoms with Gasteiger partial charge >= 0.3 is 0 Å². The molecule has 0 amide bonds. The van der Waals surface area contributed by atoms with E-state index in [1.807, 2.05) is 36.4 Å². The topological polar surface area (TPSA) is 114 Å². The summed E-state index contributed by atoms with van der Waals surface area (Å²) in [5.74, 6) is 0.509. The standard InChI is InChI=1S/C31H31FN2O6S/c1-37-31(13-16-38-17-14-31)25-18-22(19-26(32)20-25)21-39-15-5-8-28-34-29(23-6-3-2-4-7-23)30(40-28)24-9-11-27(12-10-24)41(33,35)36/h2-12,18-20H,13-17,21H2,1H3,(H2,33,35,36)/b8-5-. The molecular weight excluding hydrogens is 547 g/mol. The van der Waals surface area contributed by atoms with E-state index < -0.39 is 15.6 Å². The lowest BCUT2D eigenvalue weighted by Gasteiger charge is -2.36. The van der Waals surface area contributed by atoms with E-state index in [-0.39, 0.29) is 23.9 Å². The van der Waals surface area contributed by atoms with Crippen LogP contribution >= 0.6 is 0 Å². The average molecular weight is 579 g/mol. The number of oxazole rings is 1. The van der Waals surface area contributed by atoms with Crippen molar-refractivity contribution in [1.82, 2.24) is 4.98 Å². The average Bonchev–Trinajstić information content (AvgIpc) is 3.41. The lowest BCUT2D eigenvalue weighted by molar-refractivity contribution is -0.0949. The highest BCUT2D eigenvalue weighted by Crippen LogP contribution is 2.37. The highest BCUT2D eigenvalue weighted by Gasteiger charge is 2.35. The summed E-state index contributed by atoms with van der Waals surface area (Å²) in [6, 6.07) is 20.6. The number of benzene rings is 3. The molecule has 0 spiro atoms. The number of aromatic nitrogens is 1. The van der Waals surface area contributed by atoms with Crippen LogP contribution in [0.2, 0.25) is 0 Å². The van der Waals surface area contributed by atoms with E-state index in [9.17, 15) is 12.8 Å². The van der Waals surface area contributed by atoms with Crippen molar-refractivity contribution < 1.29 is 31.4 Å². The fourth-order valence-corrected chi connectivity index (χ4v) is 5.41. The van der Waals surface area contributed by atoms with E-state index in [1.165, 1.54) is 24.3 Å². The number of nitrogens with two attached hydrogens (primary N) is 1. The Bertz CT molecular complexity index is 1610. The molecule has 0 unspecified atom stereocenters. The van der Waals surface area contributed by atoms with Crippen LogP contribution in [0, 0.1) is 5.82 Å². The van der Waals surface area contributed by atoms with Crippen LogP contribution in [-0.4, -0.2) is 40.3 Å².